The van der Waals surface area contributed by atoms with Crippen LogP contribution in [0.5, 0.6) is 11.5 Å². The minimum atomic E-state index is -0.284. The molecule has 0 unspecified atom stereocenters. The lowest BCUT2D eigenvalue weighted by Gasteiger charge is -2.10. The molecular weight excluding hydrogens is 349 g/mol. The van der Waals surface area contributed by atoms with Gasteiger partial charge in [-0.2, -0.15) is 0 Å². The van der Waals surface area contributed by atoms with Gasteiger partial charge in [-0.15, -0.1) is 0 Å². The largest absolute Gasteiger partial charge is 0.454 e. The van der Waals surface area contributed by atoms with Gasteiger partial charge in [0.25, 0.3) is 0 Å². The van der Waals surface area contributed by atoms with E-state index >= 15 is 0 Å². The normalized spacial score (nSPS) is 12.6. The molecule has 1 heterocycles. The zero-order valence-electron chi connectivity index (χ0n) is 10.3. The molecule has 104 valence electrons. The van der Waals surface area contributed by atoms with Crippen molar-refractivity contribution < 1.29 is 13.9 Å². The summed E-state index contributed by atoms with van der Waals surface area (Å²) >= 11 is 9.43. The highest BCUT2D eigenvalue weighted by molar-refractivity contribution is 9.10. The van der Waals surface area contributed by atoms with E-state index < -0.39 is 0 Å². The van der Waals surface area contributed by atoms with Crippen molar-refractivity contribution in [1.29, 1.82) is 0 Å². The van der Waals surface area contributed by atoms with Crippen LogP contribution in [0.1, 0.15) is 5.56 Å². The van der Waals surface area contributed by atoms with Crippen molar-refractivity contribution in [2.75, 3.05) is 12.1 Å². The molecule has 2 aromatic carbocycles. The van der Waals surface area contributed by atoms with Gasteiger partial charge in [-0.05, 0) is 51.8 Å². The lowest BCUT2D eigenvalue weighted by molar-refractivity contribution is 0.174. The highest BCUT2D eigenvalue weighted by atomic mass is 79.9. The topological polar surface area (TPSA) is 30.5 Å². The van der Waals surface area contributed by atoms with Crippen molar-refractivity contribution in [2.45, 2.75) is 6.54 Å². The molecule has 0 bridgehead atoms. The number of hydrogen-bond acceptors (Lipinski definition) is 3. The van der Waals surface area contributed by atoms with Crippen LogP contribution in [0.4, 0.5) is 10.1 Å². The monoisotopic (exact) mass is 357 g/mol. The zero-order chi connectivity index (χ0) is 14.1. The zero-order valence-corrected chi connectivity index (χ0v) is 12.6. The Labute approximate surface area is 128 Å². The van der Waals surface area contributed by atoms with Crippen molar-refractivity contribution in [3.8, 4) is 11.5 Å². The minimum Gasteiger partial charge on any atom is -0.454 e. The number of rotatable bonds is 3. The van der Waals surface area contributed by atoms with Crippen LogP contribution in [0.25, 0.3) is 0 Å². The second-order valence-corrected chi connectivity index (χ2v) is 5.55. The van der Waals surface area contributed by atoms with Crippen LogP contribution >= 0.6 is 27.5 Å². The van der Waals surface area contributed by atoms with Gasteiger partial charge in [-0.25, -0.2) is 4.39 Å². The molecule has 6 heteroatoms. The Kier molecular flexibility index (Phi) is 3.72. The summed E-state index contributed by atoms with van der Waals surface area (Å²) in [5.41, 5.74) is 1.76. The molecule has 0 fully saturated rings. The lowest BCUT2D eigenvalue weighted by Crippen LogP contribution is -2.00. The maximum atomic E-state index is 13.0. The molecule has 1 N–H and O–H groups in total. The van der Waals surface area contributed by atoms with E-state index in [-0.39, 0.29) is 12.6 Å². The number of fused-ring (bicyclic) bond motifs is 1. The quantitative estimate of drug-likeness (QED) is 0.871. The predicted molar refractivity (Wildman–Crippen MR) is 79.0 cm³/mol. The van der Waals surface area contributed by atoms with Crippen molar-refractivity contribution >= 4 is 33.2 Å². The summed E-state index contributed by atoms with van der Waals surface area (Å²) in [4.78, 5) is 0. The van der Waals surface area contributed by atoms with Gasteiger partial charge in [0, 0.05) is 16.7 Å². The third-order valence-corrected chi connectivity index (χ3v) is 3.84. The van der Waals surface area contributed by atoms with E-state index in [0.29, 0.717) is 27.5 Å². The van der Waals surface area contributed by atoms with E-state index in [0.717, 1.165) is 11.3 Å². The Bertz CT molecular complexity index is 666. The van der Waals surface area contributed by atoms with Crippen LogP contribution in [0.15, 0.2) is 34.8 Å². The molecule has 1 aliphatic rings. The molecule has 3 nitrogen and oxygen atoms in total. The summed E-state index contributed by atoms with van der Waals surface area (Å²) in [6, 6.07) is 8.18. The van der Waals surface area contributed by atoms with Crippen molar-refractivity contribution in [3.63, 3.8) is 0 Å². The van der Waals surface area contributed by atoms with Crippen LogP contribution in [0, 0.1) is 5.82 Å². The second-order valence-electron chi connectivity index (χ2n) is 4.29. The van der Waals surface area contributed by atoms with Crippen LogP contribution < -0.4 is 14.8 Å². The molecule has 0 amide bonds. The molecule has 0 saturated heterocycles. The summed E-state index contributed by atoms with van der Waals surface area (Å²) in [6.45, 7) is 0.732. The third kappa shape index (κ3) is 2.69. The number of ether oxygens (including phenoxy) is 2. The summed E-state index contributed by atoms with van der Waals surface area (Å²) < 4.78 is 24.3. The van der Waals surface area contributed by atoms with Gasteiger partial charge in [0.1, 0.15) is 5.82 Å². The first-order valence-corrected chi connectivity index (χ1v) is 7.07. The van der Waals surface area contributed by atoms with E-state index in [1.54, 1.807) is 6.07 Å². The van der Waals surface area contributed by atoms with Crippen LogP contribution in [-0.2, 0) is 6.54 Å². The van der Waals surface area contributed by atoms with Crippen LogP contribution in [-0.4, -0.2) is 6.79 Å². The second kappa shape index (κ2) is 5.50. The fourth-order valence-corrected chi connectivity index (χ4v) is 2.73. The molecule has 0 atom stereocenters. The highest BCUT2D eigenvalue weighted by Gasteiger charge is 2.18. The maximum Gasteiger partial charge on any atom is 0.231 e. The Morgan fingerprint density at radius 3 is 2.90 bits per heavy atom. The standard InChI is InChI=1S/C14H10BrClFNO2/c15-10-5-9(17)1-2-12(10)18-6-8-3-11(16)14-13(4-8)19-7-20-14/h1-5,18H,6-7H2. The summed E-state index contributed by atoms with van der Waals surface area (Å²) in [7, 11) is 0. The molecule has 20 heavy (non-hydrogen) atoms. The van der Waals surface area contributed by atoms with E-state index in [1.807, 2.05) is 12.1 Å². The van der Waals surface area contributed by atoms with Gasteiger partial charge >= 0.3 is 0 Å². The smallest absolute Gasteiger partial charge is 0.231 e. The molecule has 0 spiro atoms. The van der Waals surface area contributed by atoms with Crippen LogP contribution in [0.3, 0.4) is 0 Å². The SMILES string of the molecule is Fc1ccc(NCc2cc(Cl)c3c(c2)OCO3)c(Br)c1. The maximum absolute atomic E-state index is 13.0. The highest BCUT2D eigenvalue weighted by Crippen LogP contribution is 2.40. The molecule has 1 aliphatic heterocycles. The fraction of sp³-hybridized carbons (Fsp3) is 0.143. The summed E-state index contributed by atoms with van der Waals surface area (Å²) in [6.07, 6.45) is 0. The molecule has 3 rings (SSSR count). The molecular formula is C14H10BrClFNO2. The Morgan fingerprint density at radius 1 is 1.25 bits per heavy atom. The number of halogens is 3. The number of benzene rings is 2. The average molecular weight is 359 g/mol. The van der Waals surface area contributed by atoms with Gasteiger partial charge < -0.3 is 14.8 Å². The predicted octanol–water partition coefficient (Wildman–Crippen LogP) is 4.58. The van der Waals surface area contributed by atoms with Gasteiger partial charge in [0.15, 0.2) is 11.5 Å². The average Bonchev–Trinajstić information content (AvgIpc) is 2.86. The van der Waals surface area contributed by atoms with E-state index in [9.17, 15) is 4.39 Å². The minimum absolute atomic E-state index is 0.190. The van der Waals surface area contributed by atoms with Crippen molar-refractivity contribution in [1.82, 2.24) is 0 Å². The van der Waals surface area contributed by atoms with E-state index in [4.69, 9.17) is 21.1 Å². The van der Waals surface area contributed by atoms with E-state index in [1.165, 1.54) is 12.1 Å². The summed E-state index contributed by atoms with van der Waals surface area (Å²) in [5, 5.41) is 3.73. The fourth-order valence-electron chi connectivity index (χ4n) is 1.95. The third-order valence-electron chi connectivity index (χ3n) is 2.90. The lowest BCUT2D eigenvalue weighted by atomic mass is 10.2. The first-order chi connectivity index (χ1) is 9.63. The summed E-state index contributed by atoms with van der Waals surface area (Å²) in [5.74, 6) is 0.944. The van der Waals surface area contributed by atoms with Gasteiger partial charge in [0.2, 0.25) is 6.79 Å². The first kappa shape index (κ1) is 13.5. The van der Waals surface area contributed by atoms with Crippen molar-refractivity contribution in [2.24, 2.45) is 0 Å². The Balaban J connectivity index is 1.77. The Morgan fingerprint density at radius 2 is 2.10 bits per heavy atom. The molecule has 2 aromatic rings. The van der Waals surface area contributed by atoms with Gasteiger partial charge in [0.05, 0.1) is 5.02 Å². The number of hydrogen-bond donors (Lipinski definition) is 1. The van der Waals surface area contributed by atoms with Gasteiger partial charge in [-0.3, -0.25) is 0 Å². The van der Waals surface area contributed by atoms with E-state index in [2.05, 4.69) is 21.2 Å². The number of anilines is 1. The Hall–Kier alpha value is -1.46. The van der Waals surface area contributed by atoms with Crippen molar-refractivity contribution in [3.05, 3.63) is 51.2 Å². The first-order valence-electron chi connectivity index (χ1n) is 5.90. The molecule has 0 radical (unpaired) electrons. The number of nitrogens with one attached hydrogen (secondary N) is 1. The molecule has 0 aliphatic carbocycles. The van der Waals surface area contributed by atoms with Gasteiger partial charge in [-0.1, -0.05) is 11.6 Å². The molecule has 0 aromatic heterocycles. The molecule has 0 saturated carbocycles. The van der Waals surface area contributed by atoms with Crippen LogP contribution in [0.2, 0.25) is 5.02 Å².